The molecule has 7 aromatic carbocycles. The highest BCUT2D eigenvalue weighted by atomic mass is 16.3. The second-order valence-electron chi connectivity index (χ2n) is 11.0. The molecule has 3 nitrogen and oxygen atoms in total. The summed E-state index contributed by atoms with van der Waals surface area (Å²) in [5.74, 6) is 0. The Morgan fingerprint density at radius 1 is 0.535 bits per heavy atom. The molecule has 0 fully saturated rings. The summed E-state index contributed by atoms with van der Waals surface area (Å²) in [7, 11) is 1.91. The molecule has 1 heterocycles. The molecule has 3 heteroatoms. The molecular formula is C40H28N2O. The average molecular weight is 553 g/mol. The molecule has 0 spiro atoms. The number of fused-ring (bicyclic) bond motifs is 3. The zero-order valence-electron chi connectivity index (χ0n) is 23.7. The minimum absolute atomic E-state index is 0.450. The van der Waals surface area contributed by atoms with Crippen LogP contribution in [0.1, 0.15) is 11.1 Å². The molecule has 0 aliphatic rings. The van der Waals surface area contributed by atoms with Crippen molar-refractivity contribution >= 4 is 54.9 Å². The van der Waals surface area contributed by atoms with Gasteiger partial charge in [0.1, 0.15) is 11.2 Å². The van der Waals surface area contributed by atoms with E-state index in [1.54, 1.807) is 0 Å². The summed E-state index contributed by atoms with van der Waals surface area (Å²) in [6, 6.07) is 46.4. The number of rotatable bonds is 6. The zero-order chi connectivity index (χ0) is 28.9. The van der Waals surface area contributed by atoms with E-state index >= 15 is 0 Å². The lowest BCUT2D eigenvalue weighted by Crippen LogP contribution is -2.08. The van der Waals surface area contributed by atoms with Crippen LogP contribution in [0.15, 0.2) is 144 Å². The van der Waals surface area contributed by atoms with E-state index in [4.69, 9.17) is 9.83 Å². The number of allylic oxidation sites excluding steroid dienone is 1. The van der Waals surface area contributed by atoms with Crippen molar-refractivity contribution < 1.29 is 4.42 Å². The Morgan fingerprint density at radius 2 is 1.23 bits per heavy atom. The van der Waals surface area contributed by atoms with E-state index in [-0.39, 0.29) is 0 Å². The molecule has 1 aromatic heterocycles. The number of furan rings is 1. The van der Waals surface area contributed by atoms with Crippen LogP contribution in [-0.4, -0.2) is 12.8 Å². The molecule has 43 heavy (non-hydrogen) atoms. The Hall–Kier alpha value is -5.67. The average Bonchev–Trinajstić information content (AvgIpc) is 3.46. The summed E-state index contributed by atoms with van der Waals surface area (Å²) < 4.78 is 6.42. The van der Waals surface area contributed by atoms with E-state index in [1.807, 2.05) is 31.3 Å². The van der Waals surface area contributed by atoms with Crippen LogP contribution in [0.2, 0.25) is 0 Å². The minimum atomic E-state index is 0.450. The van der Waals surface area contributed by atoms with Gasteiger partial charge in [0.05, 0.1) is 5.71 Å². The van der Waals surface area contributed by atoms with Crippen LogP contribution in [-0.2, 0) is 0 Å². The van der Waals surface area contributed by atoms with E-state index < -0.39 is 0 Å². The van der Waals surface area contributed by atoms with Crippen molar-refractivity contribution in [3.05, 3.63) is 151 Å². The van der Waals surface area contributed by atoms with Crippen molar-refractivity contribution in [3.63, 3.8) is 0 Å². The summed E-state index contributed by atoms with van der Waals surface area (Å²) in [5.41, 5.74) is 9.66. The van der Waals surface area contributed by atoms with Gasteiger partial charge in [-0.25, -0.2) is 0 Å². The first-order valence-corrected chi connectivity index (χ1v) is 14.5. The van der Waals surface area contributed by atoms with Crippen LogP contribution < -0.4 is 5.32 Å². The van der Waals surface area contributed by atoms with E-state index in [0.29, 0.717) is 5.71 Å². The van der Waals surface area contributed by atoms with Crippen molar-refractivity contribution in [1.82, 2.24) is 5.32 Å². The maximum atomic E-state index is 9.13. The van der Waals surface area contributed by atoms with Crippen molar-refractivity contribution in [1.29, 1.82) is 5.41 Å². The normalized spacial score (nSPS) is 12.1. The first kappa shape index (κ1) is 25.1. The highest BCUT2D eigenvalue weighted by Crippen LogP contribution is 2.44. The highest BCUT2D eigenvalue weighted by molar-refractivity contribution is 6.34. The predicted octanol–water partition coefficient (Wildman–Crippen LogP) is 10.3. The second-order valence-corrected chi connectivity index (χ2v) is 11.0. The summed E-state index contributed by atoms with van der Waals surface area (Å²) in [5, 5.41) is 19.4. The quantitative estimate of drug-likeness (QED) is 0.159. The standard InChI is InChI=1S/C40H28N2O/c1-42-36(29-15-8-14-27(20-29)25-10-4-2-5-11-25)24-35(41)28-18-19-31-33(21-28)32-16-9-17-37-39(32)40-34(31)22-30(23-38(40)43-37)26-12-6-3-7-13-26/h2-24,41-42H,1H3/b36-24-,41-35?. The third kappa shape index (κ3) is 4.17. The third-order valence-electron chi connectivity index (χ3n) is 8.46. The van der Waals surface area contributed by atoms with Crippen LogP contribution in [0, 0.1) is 5.41 Å². The van der Waals surface area contributed by atoms with Gasteiger partial charge >= 0.3 is 0 Å². The number of hydrogen-bond donors (Lipinski definition) is 2. The Labute approximate surface area is 249 Å². The first-order chi connectivity index (χ1) is 21.2. The lowest BCUT2D eigenvalue weighted by molar-refractivity contribution is 0.669. The van der Waals surface area contributed by atoms with Gasteiger partial charge in [-0.1, -0.05) is 103 Å². The molecular weight excluding hydrogens is 524 g/mol. The van der Waals surface area contributed by atoms with E-state index in [2.05, 4.69) is 121 Å². The van der Waals surface area contributed by atoms with Gasteiger partial charge in [0.25, 0.3) is 0 Å². The van der Waals surface area contributed by atoms with Crippen molar-refractivity contribution in [3.8, 4) is 22.3 Å². The molecule has 0 saturated heterocycles. The molecule has 0 radical (unpaired) electrons. The predicted molar refractivity (Wildman–Crippen MR) is 181 cm³/mol. The van der Waals surface area contributed by atoms with Gasteiger partial charge in [-0.2, -0.15) is 0 Å². The monoisotopic (exact) mass is 552 g/mol. The van der Waals surface area contributed by atoms with Crippen LogP contribution in [0.5, 0.6) is 0 Å². The fourth-order valence-corrected chi connectivity index (χ4v) is 6.37. The van der Waals surface area contributed by atoms with E-state index in [1.165, 1.54) is 10.9 Å². The van der Waals surface area contributed by atoms with Crippen molar-refractivity contribution in [2.75, 3.05) is 7.05 Å². The largest absolute Gasteiger partial charge is 0.456 e. The van der Waals surface area contributed by atoms with Crippen LogP contribution in [0.4, 0.5) is 0 Å². The molecule has 0 bridgehead atoms. The third-order valence-corrected chi connectivity index (χ3v) is 8.46. The fourth-order valence-electron chi connectivity index (χ4n) is 6.37. The zero-order valence-corrected chi connectivity index (χ0v) is 23.7. The van der Waals surface area contributed by atoms with Gasteiger partial charge in [-0.05, 0) is 85.8 Å². The van der Waals surface area contributed by atoms with Gasteiger partial charge in [-0.15, -0.1) is 0 Å². The van der Waals surface area contributed by atoms with Gasteiger partial charge in [-0.3, -0.25) is 0 Å². The summed E-state index contributed by atoms with van der Waals surface area (Å²) in [4.78, 5) is 0. The number of hydrogen-bond acceptors (Lipinski definition) is 3. The molecule has 0 saturated carbocycles. The molecule has 0 amide bonds. The lowest BCUT2D eigenvalue weighted by atomic mass is 9.90. The molecule has 0 aliphatic carbocycles. The molecule has 2 N–H and O–H groups in total. The fraction of sp³-hybridized carbons (Fsp3) is 0.0250. The smallest absolute Gasteiger partial charge is 0.136 e. The molecule has 204 valence electrons. The summed E-state index contributed by atoms with van der Waals surface area (Å²) in [6.45, 7) is 0. The topological polar surface area (TPSA) is 49.0 Å². The molecule has 0 atom stereocenters. The van der Waals surface area contributed by atoms with Crippen LogP contribution >= 0.6 is 0 Å². The maximum absolute atomic E-state index is 9.13. The van der Waals surface area contributed by atoms with Crippen LogP contribution in [0.25, 0.3) is 71.4 Å². The van der Waals surface area contributed by atoms with Gasteiger partial charge in [0.15, 0.2) is 0 Å². The Bertz CT molecular complexity index is 2330. The van der Waals surface area contributed by atoms with Crippen molar-refractivity contribution in [2.24, 2.45) is 0 Å². The Kier molecular flexibility index (Phi) is 5.83. The molecule has 8 rings (SSSR count). The van der Waals surface area contributed by atoms with Gasteiger partial charge in [0.2, 0.25) is 0 Å². The summed E-state index contributed by atoms with van der Waals surface area (Å²) >= 11 is 0. The first-order valence-electron chi connectivity index (χ1n) is 14.5. The highest BCUT2D eigenvalue weighted by Gasteiger charge is 2.19. The molecule has 0 unspecified atom stereocenters. The minimum Gasteiger partial charge on any atom is -0.456 e. The molecule has 8 aromatic rings. The number of nitrogens with one attached hydrogen (secondary N) is 2. The van der Waals surface area contributed by atoms with E-state index in [0.717, 1.165) is 71.6 Å². The maximum Gasteiger partial charge on any atom is 0.136 e. The second kappa shape index (κ2) is 10.0. The Morgan fingerprint density at radius 3 is 2.00 bits per heavy atom. The Balaban J connectivity index is 1.27. The van der Waals surface area contributed by atoms with Gasteiger partial charge < -0.3 is 15.1 Å². The lowest BCUT2D eigenvalue weighted by Gasteiger charge is -2.13. The van der Waals surface area contributed by atoms with Crippen molar-refractivity contribution in [2.45, 2.75) is 0 Å². The van der Waals surface area contributed by atoms with Gasteiger partial charge in [0, 0.05) is 29.1 Å². The number of benzene rings is 7. The van der Waals surface area contributed by atoms with Crippen LogP contribution in [0.3, 0.4) is 0 Å². The molecule has 0 aliphatic heterocycles. The summed E-state index contributed by atoms with van der Waals surface area (Å²) in [6.07, 6.45) is 1.92. The van der Waals surface area contributed by atoms with E-state index in [9.17, 15) is 0 Å². The SMILES string of the molecule is CN/C(=C\C(=N)c1ccc2c(c1)c1cccc3oc4cc(-c5ccccc5)cc2c4c31)c1cccc(-c2ccccc2)c1.